The van der Waals surface area contributed by atoms with Crippen LogP contribution in [0.5, 0.6) is 5.75 Å². The van der Waals surface area contributed by atoms with Gasteiger partial charge < -0.3 is 14.8 Å². The van der Waals surface area contributed by atoms with Gasteiger partial charge >= 0.3 is 0 Å². The van der Waals surface area contributed by atoms with Crippen LogP contribution in [0.3, 0.4) is 0 Å². The van der Waals surface area contributed by atoms with E-state index in [1.54, 1.807) is 0 Å². The van der Waals surface area contributed by atoms with Crippen LogP contribution in [0.1, 0.15) is 40.9 Å². The molecule has 2 aromatic rings. The lowest BCUT2D eigenvalue weighted by atomic mass is 10.0. The Labute approximate surface area is 184 Å². The topological polar surface area (TPSA) is 84.9 Å². The molecule has 1 N–H and O–H groups in total. The minimum absolute atomic E-state index is 0.0718. The maximum absolute atomic E-state index is 13.0. The number of sulfonamides is 1. The molecule has 1 heterocycles. The van der Waals surface area contributed by atoms with Crippen LogP contribution in [-0.4, -0.2) is 52.0 Å². The molecule has 0 radical (unpaired) electrons. The number of nitrogens with one attached hydrogen (secondary N) is 1. The van der Waals surface area contributed by atoms with Crippen molar-refractivity contribution >= 4 is 15.9 Å². The number of carbonyl (C=O) groups excluding carboxylic acids is 1. The van der Waals surface area contributed by atoms with Crippen molar-refractivity contribution in [2.24, 2.45) is 0 Å². The number of benzene rings is 2. The third kappa shape index (κ3) is 5.26. The van der Waals surface area contributed by atoms with Gasteiger partial charge in [-0.3, -0.25) is 4.79 Å². The zero-order chi connectivity index (χ0) is 22.4. The SMILES string of the molecule is CCc1ccc(CC)c(CNC(=O)c2cc(S(=O)(=O)N3CCOCC3)ccc2OC)c1. The van der Waals surface area contributed by atoms with Crippen molar-refractivity contribution in [3.05, 3.63) is 58.7 Å². The monoisotopic (exact) mass is 446 g/mol. The van der Waals surface area contributed by atoms with Crippen molar-refractivity contribution in [3.63, 3.8) is 0 Å². The lowest BCUT2D eigenvalue weighted by molar-refractivity contribution is 0.0730. The molecule has 1 aliphatic heterocycles. The van der Waals surface area contributed by atoms with Gasteiger partial charge in [0.15, 0.2) is 0 Å². The number of nitrogens with zero attached hydrogens (tertiary/aromatic N) is 1. The number of amides is 1. The van der Waals surface area contributed by atoms with Gasteiger partial charge in [-0.1, -0.05) is 32.0 Å². The summed E-state index contributed by atoms with van der Waals surface area (Å²) in [5.74, 6) is -0.0451. The Kier molecular flexibility index (Phi) is 7.69. The predicted octanol–water partition coefficient (Wildman–Crippen LogP) is 2.77. The molecule has 0 unspecified atom stereocenters. The molecule has 0 aromatic heterocycles. The lowest BCUT2D eigenvalue weighted by Crippen LogP contribution is -2.40. The average Bonchev–Trinajstić information content (AvgIpc) is 2.82. The highest BCUT2D eigenvalue weighted by Gasteiger charge is 2.28. The zero-order valence-corrected chi connectivity index (χ0v) is 19.1. The summed E-state index contributed by atoms with van der Waals surface area (Å²) in [5.41, 5.74) is 3.64. The van der Waals surface area contributed by atoms with E-state index in [1.165, 1.54) is 40.7 Å². The van der Waals surface area contributed by atoms with Gasteiger partial charge in [-0.15, -0.1) is 0 Å². The van der Waals surface area contributed by atoms with Gasteiger partial charge in [0.1, 0.15) is 5.75 Å². The first-order valence-corrected chi connectivity index (χ1v) is 12.0. The van der Waals surface area contributed by atoms with E-state index in [-0.39, 0.29) is 16.4 Å². The van der Waals surface area contributed by atoms with Gasteiger partial charge in [-0.25, -0.2) is 8.42 Å². The zero-order valence-electron chi connectivity index (χ0n) is 18.3. The number of morpholine rings is 1. The van der Waals surface area contributed by atoms with Crippen LogP contribution in [0.15, 0.2) is 41.3 Å². The van der Waals surface area contributed by atoms with Crippen LogP contribution in [0.25, 0.3) is 0 Å². The van der Waals surface area contributed by atoms with Gasteiger partial charge in [-0.2, -0.15) is 4.31 Å². The quantitative estimate of drug-likeness (QED) is 0.674. The summed E-state index contributed by atoms with van der Waals surface area (Å²) in [6.45, 7) is 5.84. The second kappa shape index (κ2) is 10.3. The Morgan fingerprint density at radius 3 is 2.45 bits per heavy atom. The fourth-order valence-electron chi connectivity index (χ4n) is 3.64. The molecule has 0 bridgehead atoms. The van der Waals surface area contributed by atoms with Crippen LogP contribution < -0.4 is 10.1 Å². The first-order valence-electron chi connectivity index (χ1n) is 10.6. The largest absolute Gasteiger partial charge is 0.496 e. The highest BCUT2D eigenvalue weighted by atomic mass is 32.2. The van der Waals surface area contributed by atoms with Crippen LogP contribution in [-0.2, 0) is 34.1 Å². The molecular weight excluding hydrogens is 416 g/mol. The number of aryl methyl sites for hydroxylation is 2. The average molecular weight is 447 g/mol. The van der Waals surface area contributed by atoms with Crippen molar-refractivity contribution in [3.8, 4) is 5.75 Å². The van der Waals surface area contributed by atoms with E-state index < -0.39 is 10.0 Å². The fraction of sp³-hybridized carbons (Fsp3) is 0.435. The van der Waals surface area contributed by atoms with Crippen molar-refractivity contribution in [2.45, 2.75) is 38.1 Å². The molecule has 8 heteroatoms. The van der Waals surface area contributed by atoms with Crippen LogP contribution in [0.2, 0.25) is 0 Å². The van der Waals surface area contributed by atoms with Gasteiger partial charge in [0.2, 0.25) is 10.0 Å². The van der Waals surface area contributed by atoms with Crippen molar-refractivity contribution in [1.82, 2.24) is 9.62 Å². The van der Waals surface area contributed by atoms with E-state index in [9.17, 15) is 13.2 Å². The number of ether oxygens (including phenoxy) is 2. The number of rotatable bonds is 8. The minimum Gasteiger partial charge on any atom is -0.496 e. The molecule has 2 aromatic carbocycles. The van der Waals surface area contributed by atoms with E-state index in [4.69, 9.17) is 9.47 Å². The van der Waals surface area contributed by atoms with Crippen LogP contribution in [0.4, 0.5) is 0 Å². The summed E-state index contributed by atoms with van der Waals surface area (Å²) in [6, 6.07) is 10.7. The molecule has 1 amide bonds. The maximum Gasteiger partial charge on any atom is 0.255 e. The van der Waals surface area contributed by atoms with Crippen LogP contribution >= 0.6 is 0 Å². The summed E-state index contributed by atoms with van der Waals surface area (Å²) in [4.78, 5) is 13.1. The fourth-order valence-corrected chi connectivity index (χ4v) is 5.08. The molecule has 0 atom stereocenters. The van der Waals surface area contributed by atoms with Crippen LogP contribution in [0, 0.1) is 0 Å². The number of carbonyl (C=O) groups is 1. The van der Waals surface area contributed by atoms with E-state index in [2.05, 4.69) is 37.4 Å². The second-order valence-corrected chi connectivity index (χ2v) is 9.31. The van der Waals surface area contributed by atoms with Crippen molar-refractivity contribution in [1.29, 1.82) is 0 Å². The predicted molar refractivity (Wildman–Crippen MR) is 119 cm³/mol. The molecule has 31 heavy (non-hydrogen) atoms. The third-order valence-corrected chi connectivity index (χ3v) is 7.42. The number of hydrogen-bond acceptors (Lipinski definition) is 5. The molecule has 7 nitrogen and oxygen atoms in total. The molecule has 168 valence electrons. The van der Waals surface area contributed by atoms with Crippen molar-refractivity contribution < 1.29 is 22.7 Å². The molecule has 3 rings (SSSR count). The van der Waals surface area contributed by atoms with Gasteiger partial charge in [0, 0.05) is 19.6 Å². The second-order valence-electron chi connectivity index (χ2n) is 7.37. The lowest BCUT2D eigenvalue weighted by Gasteiger charge is -2.26. The minimum atomic E-state index is -3.71. The van der Waals surface area contributed by atoms with E-state index >= 15 is 0 Å². The summed E-state index contributed by atoms with van der Waals surface area (Å²) >= 11 is 0. The van der Waals surface area contributed by atoms with Gasteiger partial charge in [0.05, 0.1) is 30.8 Å². The Bertz CT molecular complexity index is 1030. The first kappa shape index (κ1) is 23.2. The Morgan fingerprint density at radius 2 is 1.81 bits per heavy atom. The summed E-state index contributed by atoms with van der Waals surface area (Å²) in [7, 11) is -2.25. The first-order chi connectivity index (χ1) is 14.9. The Balaban J connectivity index is 1.84. The van der Waals surface area contributed by atoms with Gasteiger partial charge in [0.25, 0.3) is 5.91 Å². The molecular formula is C23H30N2O5S. The number of methoxy groups -OCH3 is 1. The van der Waals surface area contributed by atoms with Crippen molar-refractivity contribution in [2.75, 3.05) is 33.4 Å². The van der Waals surface area contributed by atoms with Gasteiger partial charge in [-0.05, 0) is 47.7 Å². The summed E-state index contributed by atoms with van der Waals surface area (Å²) in [5, 5.41) is 2.93. The highest BCUT2D eigenvalue weighted by Crippen LogP contribution is 2.25. The normalized spacial score (nSPS) is 14.9. The molecule has 1 fully saturated rings. The Hall–Kier alpha value is -2.42. The molecule has 1 saturated heterocycles. The summed E-state index contributed by atoms with van der Waals surface area (Å²) < 4.78 is 37.9. The van der Waals surface area contributed by atoms with E-state index in [0.29, 0.717) is 38.6 Å². The van der Waals surface area contributed by atoms with E-state index in [0.717, 1.165) is 18.4 Å². The smallest absolute Gasteiger partial charge is 0.255 e. The highest BCUT2D eigenvalue weighted by molar-refractivity contribution is 7.89. The Morgan fingerprint density at radius 1 is 1.06 bits per heavy atom. The third-order valence-electron chi connectivity index (χ3n) is 5.52. The van der Waals surface area contributed by atoms with E-state index in [1.807, 2.05) is 0 Å². The molecule has 0 aliphatic carbocycles. The molecule has 0 spiro atoms. The standard InChI is InChI=1S/C23H30N2O5S/c1-4-17-6-7-18(5-2)19(14-17)16-24-23(26)21-15-20(8-9-22(21)29-3)31(27,28)25-10-12-30-13-11-25/h6-9,14-15H,4-5,10-13,16H2,1-3H3,(H,24,26). The molecule has 1 aliphatic rings. The maximum atomic E-state index is 13.0. The molecule has 0 saturated carbocycles. The number of hydrogen-bond donors (Lipinski definition) is 1. The summed E-state index contributed by atoms with van der Waals surface area (Å²) in [6.07, 6.45) is 1.78.